The molecule has 0 radical (unpaired) electrons. The molecule has 1 aromatic carbocycles. The first kappa shape index (κ1) is 19.7. The Morgan fingerprint density at radius 2 is 2.10 bits per heavy atom. The fourth-order valence-corrected chi connectivity index (χ4v) is 3.88. The molecule has 0 bridgehead atoms. The van der Waals surface area contributed by atoms with Crippen molar-refractivity contribution in [3.63, 3.8) is 0 Å². The van der Waals surface area contributed by atoms with Crippen LogP contribution in [0.15, 0.2) is 24.4 Å². The van der Waals surface area contributed by atoms with E-state index in [1.165, 1.54) is 0 Å². The van der Waals surface area contributed by atoms with Crippen LogP contribution >= 0.6 is 11.6 Å². The smallest absolute Gasteiger partial charge is 0.248 e. The molecule has 1 fully saturated rings. The van der Waals surface area contributed by atoms with Crippen molar-refractivity contribution in [2.75, 3.05) is 11.9 Å². The molecule has 1 saturated carbocycles. The highest BCUT2D eigenvalue weighted by molar-refractivity contribution is 6.29. The molecule has 8 heteroatoms. The van der Waals surface area contributed by atoms with Crippen LogP contribution in [0, 0.1) is 6.92 Å². The standard InChI is InChI=1S/C21H25ClN6O/c1-11-13(19(23)29)6-7-14(18(11)12-4-5-12)16-9-25-20-15(26-10-21(2,3)24)8-17(22)27-28(16)20/h6-9,12,26H,4-5,10,24H2,1-3H3,(H2,23,29). The predicted octanol–water partition coefficient (Wildman–Crippen LogP) is 3.48. The number of fused-ring (bicyclic) bond motifs is 1. The molecule has 152 valence electrons. The van der Waals surface area contributed by atoms with Crippen molar-refractivity contribution in [3.05, 3.63) is 46.2 Å². The minimum Gasteiger partial charge on any atom is -0.380 e. The third-order valence-corrected chi connectivity index (χ3v) is 5.40. The number of nitrogens with zero attached hydrogens (tertiary/aromatic N) is 3. The maximum absolute atomic E-state index is 11.8. The van der Waals surface area contributed by atoms with Crippen LogP contribution in [0.1, 0.15) is 54.1 Å². The lowest BCUT2D eigenvalue weighted by Gasteiger charge is -2.20. The van der Waals surface area contributed by atoms with E-state index in [4.69, 9.17) is 23.1 Å². The molecule has 0 saturated heterocycles. The summed E-state index contributed by atoms with van der Waals surface area (Å²) in [6.07, 6.45) is 3.99. The van der Waals surface area contributed by atoms with E-state index in [2.05, 4.69) is 15.4 Å². The van der Waals surface area contributed by atoms with E-state index >= 15 is 0 Å². The van der Waals surface area contributed by atoms with Gasteiger partial charge in [0.05, 0.1) is 17.6 Å². The second-order valence-electron chi connectivity index (χ2n) is 8.44. The molecule has 1 aliphatic rings. The van der Waals surface area contributed by atoms with Crippen LogP contribution in [0.25, 0.3) is 16.9 Å². The van der Waals surface area contributed by atoms with Gasteiger partial charge in [-0.05, 0) is 56.7 Å². The highest BCUT2D eigenvalue weighted by Crippen LogP contribution is 2.46. The molecule has 29 heavy (non-hydrogen) atoms. The zero-order chi connectivity index (χ0) is 20.9. The third-order valence-electron chi connectivity index (χ3n) is 5.21. The molecule has 4 rings (SSSR count). The molecule has 0 spiro atoms. The molecule has 0 unspecified atom stereocenters. The van der Waals surface area contributed by atoms with Crippen LogP contribution in [-0.2, 0) is 0 Å². The van der Waals surface area contributed by atoms with Crippen LogP contribution in [0.5, 0.6) is 0 Å². The van der Waals surface area contributed by atoms with Crippen LogP contribution < -0.4 is 16.8 Å². The van der Waals surface area contributed by atoms with Gasteiger partial charge in [0, 0.05) is 29.3 Å². The fraction of sp³-hybridized carbons (Fsp3) is 0.381. The second kappa shape index (κ2) is 7.00. The van der Waals surface area contributed by atoms with Crippen LogP contribution in [0.4, 0.5) is 5.69 Å². The van der Waals surface area contributed by atoms with Crippen molar-refractivity contribution in [2.45, 2.75) is 45.1 Å². The topological polar surface area (TPSA) is 111 Å². The molecule has 0 aliphatic heterocycles. The molecule has 1 amide bonds. The number of nitrogens with one attached hydrogen (secondary N) is 1. The van der Waals surface area contributed by atoms with Gasteiger partial charge >= 0.3 is 0 Å². The highest BCUT2D eigenvalue weighted by atomic mass is 35.5. The summed E-state index contributed by atoms with van der Waals surface area (Å²) in [5.74, 6) is 0.0100. The number of hydrogen-bond donors (Lipinski definition) is 3. The number of halogens is 1. The van der Waals surface area contributed by atoms with Gasteiger partial charge in [0.15, 0.2) is 10.8 Å². The van der Waals surface area contributed by atoms with Gasteiger partial charge < -0.3 is 16.8 Å². The summed E-state index contributed by atoms with van der Waals surface area (Å²) in [7, 11) is 0. The van der Waals surface area contributed by atoms with Gasteiger partial charge in [-0.1, -0.05) is 17.7 Å². The maximum Gasteiger partial charge on any atom is 0.248 e. The quantitative estimate of drug-likeness (QED) is 0.573. The highest BCUT2D eigenvalue weighted by Gasteiger charge is 2.31. The van der Waals surface area contributed by atoms with Gasteiger partial charge in [-0.15, -0.1) is 0 Å². The number of carbonyl (C=O) groups excluding carboxylic acids is 1. The minimum atomic E-state index is -0.411. The number of nitrogens with two attached hydrogens (primary N) is 2. The fourth-order valence-electron chi connectivity index (χ4n) is 3.69. The normalized spacial score (nSPS) is 14.4. The van der Waals surface area contributed by atoms with Gasteiger partial charge in [-0.25, -0.2) is 9.50 Å². The lowest BCUT2D eigenvalue weighted by atomic mass is 9.92. The zero-order valence-electron chi connectivity index (χ0n) is 16.8. The first-order valence-corrected chi connectivity index (χ1v) is 10.0. The average molecular weight is 413 g/mol. The Labute approximate surface area is 174 Å². The van der Waals surface area contributed by atoms with E-state index in [1.807, 2.05) is 26.8 Å². The average Bonchev–Trinajstić information content (AvgIpc) is 3.37. The van der Waals surface area contributed by atoms with Gasteiger partial charge in [0.2, 0.25) is 5.91 Å². The first-order chi connectivity index (χ1) is 13.7. The van der Waals surface area contributed by atoms with Crippen molar-refractivity contribution >= 4 is 28.8 Å². The molecule has 7 nitrogen and oxygen atoms in total. The molecule has 3 aromatic rings. The molecule has 0 atom stereocenters. The first-order valence-electron chi connectivity index (χ1n) is 9.66. The van der Waals surface area contributed by atoms with Crippen LogP contribution in [-0.4, -0.2) is 32.6 Å². The summed E-state index contributed by atoms with van der Waals surface area (Å²) < 4.78 is 1.75. The molecule has 2 heterocycles. The van der Waals surface area contributed by atoms with Crippen molar-refractivity contribution < 1.29 is 4.79 Å². The van der Waals surface area contributed by atoms with E-state index in [-0.39, 0.29) is 5.54 Å². The summed E-state index contributed by atoms with van der Waals surface area (Å²) >= 11 is 6.31. The van der Waals surface area contributed by atoms with Gasteiger partial charge in [0.25, 0.3) is 0 Å². The van der Waals surface area contributed by atoms with Gasteiger partial charge in [-0.2, -0.15) is 5.10 Å². The SMILES string of the molecule is Cc1c(C(N)=O)ccc(-c2cnc3c(NCC(C)(C)N)cc(Cl)nn23)c1C1CC1. The predicted molar refractivity (Wildman–Crippen MR) is 115 cm³/mol. The van der Waals surface area contributed by atoms with Crippen LogP contribution in [0.3, 0.4) is 0 Å². The van der Waals surface area contributed by atoms with Crippen molar-refractivity contribution in [3.8, 4) is 11.3 Å². The Balaban J connectivity index is 1.87. The lowest BCUT2D eigenvalue weighted by molar-refractivity contribution is 0.0999. The number of hydrogen-bond acceptors (Lipinski definition) is 5. The van der Waals surface area contributed by atoms with Crippen LogP contribution in [0.2, 0.25) is 5.15 Å². The van der Waals surface area contributed by atoms with Gasteiger partial charge in [0.1, 0.15) is 0 Å². The Hall–Kier alpha value is -2.64. The summed E-state index contributed by atoms with van der Waals surface area (Å²) in [6, 6.07) is 5.46. The Kier molecular flexibility index (Phi) is 4.75. The van der Waals surface area contributed by atoms with E-state index in [0.717, 1.165) is 40.9 Å². The number of anilines is 1. The summed E-state index contributed by atoms with van der Waals surface area (Å²) in [5, 5.41) is 8.16. The number of benzene rings is 1. The lowest BCUT2D eigenvalue weighted by Crippen LogP contribution is -2.39. The number of carbonyl (C=O) groups is 1. The van der Waals surface area contributed by atoms with Gasteiger partial charge in [-0.3, -0.25) is 4.79 Å². The number of amides is 1. The number of primary amides is 1. The Morgan fingerprint density at radius 1 is 1.38 bits per heavy atom. The Bertz CT molecular complexity index is 1110. The van der Waals surface area contributed by atoms with E-state index < -0.39 is 5.91 Å². The molecule has 5 N–H and O–H groups in total. The third kappa shape index (κ3) is 3.80. The maximum atomic E-state index is 11.8. The summed E-state index contributed by atoms with van der Waals surface area (Å²) in [6.45, 7) is 6.41. The van der Waals surface area contributed by atoms with Crippen molar-refractivity contribution in [1.82, 2.24) is 14.6 Å². The molecular formula is C21H25ClN6O. The molecule has 1 aliphatic carbocycles. The summed E-state index contributed by atoms with van der Waals surface area (Å²) in [5.41, 5.74) is 17.2. The zero-order valence-corrected chi connectivity index (χ0v) is 17.5. The number of rotatable bonds is 6. The molecule has 2 aromatic heterocycles. The van der Waals surface area contributed by atoms with E-state index in [0.29, 0.717) is 28.8 Å². The molecular weight excluding hydrogens is 388 g/mol. The minimum absolute atomic E-state index is 0.354. The monoisotopic (exact) mass is 412 g/mol. The largest absolute Gasteiger partial charge is 0.380 e. The Morgan fingerprint density at radius 3 is 2.72 bits per heavy atom. The van der Waals surface area contributed by atoms with E-state index in [1.54, 1.807) is 22.8 Å². The second-order valence-corrected chi connectivity index (χ2v) is 8.83. The number of imidazole rings is 1. The van der Waals surface area contributed by atoms with Crippen molar-refractivity contribution in [1.29, 1.82) is 0 Å². The van der Waals surface area contributed by atoms with E-state index in [9.17, 15) is 4.79 Å². The number of aromatic nitrogens is 3. The summed E-state index contributed by atoms with van der Waals surface area (Å²) in [4.78, 5) is 16.4. The van der Waals surface area contributed by atoms with Crippen molar-refractivity contribution in [2.24, 2.45) is 11.5 Å².